The molecule has 0 amide bonds. The summed E-state index contributed by atoms with van der Waals surface area (Å²) in [6, 6.07) is 9.61. The molecule has 7 heteroatoms. The molecule has 0 saturated heterocycles. The molecule has 1 aromatic heterocycles. The minimum atomic E-state index is -0.897. The van der Waals surface area contributed by atoms with Crippen molar-refractivity contribution in [1.82, 2.24) is 4.57 Å². The topological polar surface area (TPSA) is 66.5 Å². The Hall–Kier alpha value is -2.93. The van der Waals surface area contributed by atoms with Crippen LogP contribution in [0.3, 0.4) is 0 Å². The largest absolute Gasteiger partial charge is 0.468 e. The highest BCUT2D eigenvalue weighted by Crippen LogP contribution is 2.36. The van der Waals surface area contributed by atoms with Crippen LogP contribution in [0.1, 0.15) is 5.56 Å². The van der Waals surface area contributed by atoms with E-state index in [4.69, 9.17) is 10.5 Å². The van der Waals surface area contributed by atoms with Crippen molar-refractivity contribution in [2.75, 3.05) is 7.11 Å². The molecule has 3 aromatic rings. The van der Waals surface area contributed by atoms with Crippen LogP contribution in [0, 0.1) is 11.6 Å². The molecule has 0 saturated carbocycles. The van der Waals surface area contributed by atoms with Crippen molar-refractivity contribution >= 4 is 16.9 Å². The molecule has 2 aromatic carbocycles. The van der Waals surface area contributed by atoms with Crippen LogP contribution in [-0.2, 0) is 23.0 Å². The number of nitrogens with two attached hydrogens (primary N) is 1. The summed E-state index contributed by atoms with van der Waals surface area (Å²) in [4.78, 5) is 11.7. The van der Waals surface area contributed by atoms with Gasteiger partial charge in [0.1, 0.15) is 11.9 Å². The first-order valence-corrected chi connectivity index (χ1v) is 7.95. The first-order chi connectivity index (χ1) is 12.4. The molecule has 0 aliphatic rings. The van der Waals surface area contributed by atoms with E-state index in [1.54, 1.807) is 11.6 Å². The van der Waals surface area contributed by atoms with E-state index in [0.717, 1.165) is 23.0 Å². The number of ether oxygens (including phenoxy) is 2. The fourth-order valence-electron chi connectivity index (χ4n) is 2.89. The van der Waals surface area contributed by atoms with E-state index in [1.807, 2.05) is 24.3 Å². The van der Waals surface area contributed by atoms with Crippen molar-refractivity contribution < 1.29 is 23.0 Å². The average Bonchev–Trinajstić information content (AvgIpc) is 2.89. The summed E-state index contributed by atoms with van der Waals surface area (Å²) in [6.07, 6.45) is 0.145. The van der Waals surface area contributed by atoms with Crippen LogP contribution in [-0.4, -0.2) is 23.7 Å². The van der Waals surface area contributed by atoms with Crippen LogP contribution in [0.2, 0.25) is 0 Å². The first kappa shape index (κ1) is 17.9. The zero-order valence-corrected chi connectivity index (χ0v) is 14.3. The fraction of sp³-hybridized carbons (Fsp3) is 0.211. The van der Waals surface area contributed by atoms with Gasteiger partial charge in [-0.3, -0.25) is 4.79 Å². The number of fused-ring (bicyclic) bond motifs is 1. The van der Waals surface area contributed by atoms with Gasteiger partial charge in [-0.1, -0.05) is 18.2 Å². The van der Waals surface area contributed by atoms with Gasteiger partial charge in [0.15, 0.2) is 11.6 Å². The molecular formula is C19H18F2N2O3. The molecule has 0 fully saturated rings. The number of benzene rings is 2. The Morgan fingerprint density at radius 3 is 2.65 bits per heavy atom. The molecule has 1 unspecified atom stereocenters. The third-order valence-corrected chi connectivity index (χ3v) is 4.18. The third-order valence-electron chi connectivity index (χ3n) is 4.18. The van der Waals surface area contributed by atoms with Crippen LogP contribution in [0.25, 0.3) is 10.9 Å². The van der Waals surface area contributed by atoms with Crippen molar-refractivity contribution in [3.05, 3.63) is 59.7 Å². The quantitative estimate of drug-likeness (QED) is 0.709. The molecule has 136 valence electrons. The summed E-state index contributed by atoms with van der Waals surface area (Å²) >= 11 is 0. The molecule has 2 N–H and O–H groups in total. The molecule has 0 aliphatic carbocycles. The van der Waals surface area contributed by atoms with Crippen LogP contribution in [0.4, 0.5) is 8.78 Å². The van der Waals surface area contributed by atoms with Crippen molar-refractivity contribution in [3.8, 4) is 11.6 Å². The van der Waals surface area contributed by atoms with Crippen LogP contribution in [0.15, 0.2) is 42.5 Å². The number of carbonyl (C=O) groups is 1. The minimum absolute atomic E-state index is 0.120. The number of hydrogen-bond acceptors (Lipinski definition) is 4. The maximum Gasteiger partial charge on any atom is 0.322 e. The summed E-state index contributed by atoms with van der Waals surface area (Å²) in [5.41, 5.74) is 7.38. The lowest BCUT2D eigenvalue weighted by molar-refractivity contribution is -0.142. The zero-order chi connectivity index (χ0) is 18.8. The number of hydrogen-bond donors (Lipinski definition) is 1. The van der Waals surface area contributed by atoms with Crippen molar-refractivity contribution in [2.24, 2.45) is 12.8 Å². The molecule has 26 heavy (non-hydrogen) atoms. The second-order valence-electron chi connectivity index (χ2n) is 5.87. The number of rotatable bonds is 5. The van der Waals surface area contributed by atoms with Gasteiger partial charge in [-0.15, -0.1) is 0 Å². The molecule has 5 nitrogen and oxygen atoms in total. The van der Waals surface area contributed by atoms with Crippen molar-refractivity contribution in [1.29, 1.82) is 0 Å². The number of halogens is 2. The maximum atomic E-state index is 14.0. The van der Waals surface area contributed by atoms with Gasteiger partial charge in [-0.25, -0.2) is 8.78 Å². The monoisotopic (exact) mass is 360 g/mol. The lowest BCUT2D eigenvalue weighted by Gasteiger charge is -2.13. The molecule has 0 radical (unpaired) electrons. The molecule has 0 bridgehead atoms. The van der Waals surface area contributed by atoms with E-state index in [-0.39, 0.29) is 12.2 Å². The Morgan fingerprint density at radius 1 is 1.23 bits per heavy atom. The lowest BCUT2D eigenvalue weighted by atomic mass is 10.1. The average molecular weight is 360 g/mol. The Balaban J connectivity index is 2.09. The Kier molecular flexibility index (Phi) is 4.90. The second kappa shape index (κ2) is 7.13. The molecular weight excluding hydrogens is 342 g/mol. The van der Waals surface area contributed by atoms with Gasteiger partial charge in [0, 0.05) is 30.5 Å². The minimum Gasteiger partial charge on any atom is -0.468 e. The van der Waals surface area contributed by atoms with Crippen molar-refractivity contribution in [2.45, 2.75) is 12.5 Å². The smallest absolute Gasteiger partial charge is 0.322 e. The zero-order valence-electron chi connectivity index (χ0n) is 14.3. The molecule has 0 aliphatic heterocycles. The summed E-state index contributed by atoms with van der Waals surface area (Å²) in [5, 5.41) is 0.826. The van der Waals surface area contributed by atoms with E-state index in [9.17, 15) is 13.6 Å². The summed E-state index contributed by atoms with van der Waals surface area (Å²) in [5.74, 6) is -1.86. The highest BCUT2D eigenvalue weighted by molar-refractivity contribution is 5.88. The van der Waals surface area contributed by atoms with E-state index in [2.05, 4.69) is 4.74 Å². The predicted molar refractivity (Wildman–Crippen MR) is 93.0 cm³/mol. The van der Waals surface area contributed by atoms with Crippen LogP contribution < -0.4 is 10.5 Å². The Bertz CT molecular complexity index is 969. The molecule has 1 heterocycles. The van der Waals surface area contributed by atoms with E-state index in [1.165, 1.54) is 13.2 Å². The normalized spacial score (nSPS) is 12.2. The van der Waals surface area contributed by atoms with Gasteiger partial charge in [0.2, 0.25) is 5.88 Å². The van der Waals surface area contributed by atoms with Gasteiger partial charge in [0.25, 0.3) is 0 Å². The first-order valence-electron chi connectivity index (χ1n) is 7.95. The standard InChI is InChI=1S/C19H18F2N2O3/c1-23-16-6-4-3-5-12(16)13(10-15(22)19(24)25-2)18(23)26-17-8-7-11(20)9-14(17)21/h3-9,15H,10,22H2,1-2H3. The third kappa shape index (κ3) is 3.25. The highest BCUT2D eigenvalue weighted by atomic mass is 19.1. The Morgan fingerprint density at radius 2 is 1.96 bits per heavy atom. The van der Waals surface area contributed by atoms with Crippen LogP contribution in [0.5, 0.6) is 11.6 Å². The van der Waals surface area contributed by atoms with Crippen LogP contribution >= 0.6 is 0 Å². The summed E-state index contributed by atoms with van der Waals surface area (Å²) in [7, 11) is 3.02. The highest BCUT2D eigenvalue weighted by Gasteiger charge is 2.23. The maximum absolute atomic E-state index is 14.0. The van der Waals surface area contributed by atoms with E-state index >= 15 is 0 Å². The van der Waals surface area contributed by atoms with Gasteiger partial charge >= 0.3 is 5.97 Å². The number of para-hydroxylation sites is 1. The fourth-order valence-corrected chi connectivity index (χ4v) is 2.89. The van der Waals surface area contributed by atoms with E-state index in [0.29, 0.717) is 11.4 Å². The van der Waals surface area contributed by atoms with Gasteiger partial charge in [-0.05, 0) is 18.2 Å². The van der Waals surface area contributed by atoms with Gasteiger partial charge in [0.05, 0.1) is 12.6 Å². The van der Waals surface area contributed by atoms with Crippen molar-refractivity contribution in [3.63, 3.8) is 0 Å². The number of aromatic nitrogens is 1. The number of esters is 1. The second-order valence-corrected chi connectivity index (χ2v) is 5.87. The van der Waals surface area contributed by atoms with Gasteiger partial charge in [-0.2, -0.15) is 0 Å². The summed E-state index contributed by atoms with van der Waals surface area (Å²) < 4.78 is 39.3. The Labute approximate surface area is 148 Å². The molecule has 1 atom stereocenters. The SMILES string of the molecule is COC(=O)C(N)Cc1c(Oc2ccc(F)cc2F)n(C)c2ccccc12. The number of nitrogens with zero attached hydrogens (tertiary/aromatic N) is 1. The predicted octanol–water partition coefficient (Wildman–Crippen LogP) is 3.29. The number of methoxy groups -OCH3 is 1. The van der Waals surface area contributed by atoms with E-state index < -0.39 is 23.6 Å². The number of carbonyl (C=O) groups excluding carboxylic acids is 1. The number of aryl methyl sites for hydroxylation is 1. The summed E-state index contributed by atoms with van der Waals surface area (Å²) in [6.45, 7) is 0. The van der Waals surface area contributed by atoms with Gasteiger partial charge < -0.3 is 19.8 Å². The lowest BCUT2D eigenvalue weighted by Crippen LogP contribution is -2.33. The molecule has 3 rings (SSSR count). The molecule has 0 spiro atoms.